The third-order valence-corrected chi connectivity index (χ3v) is 2.15. The van der Waals surface area contributed by atoms with E-state index in [-0.39, 0.29) is 0 Å². The predicted octanol–water partition coefficient (Wildman–Crippen LogP) is 1.69. The first-order valence-electron chi connectivity index (χ1n) is 5.03. The molecule has 0 spiro atoms. The van der Waals surface area contributed by atoms with Crippen molar-refractivity contribution in [2.24, 2.45) is 0 Å². The second-order valence-corrected chi connectivity index (χ2v) is 3.40. The minimum Gasteiger partial charge on any atom is -0.368 e. The van der Waals surface area contributed by atoms with Crippen molar-refractivity contribution in [3.63, 3.8) is 0 Å². The lowest BCUT2D eigenvalue weighted by Gasteiger charge is -2.17. The van der Waals surface area contributed by atoms with E-state index in [9.17, 15) is 0 Å². The largest absolute Gasteiger partial charge is 0.368 e. The fourth-order valence-corrected chi connectivity index (χ4v) is 1.29. The van der Waals surface area contributed by atoms with Crippen LogP contribution in [-0.4, -0.2) is 23.6 Å². The molecule has 0 fully saturated rings. The smallest absolute Gasteiger partial charge is 0.221 e. The highest BCUT2D eigenvalue weighted by atomic mass is 15.2. The number of unbranched alkanes of at least 4 members (excludes halogenated alkanes) is 2. The van der Waals surface area contributed by atoms with Crippen molar-refractivity contribution in [2.45, 2.75) is 26.2 Å². The van der Waals surface area contributed by atoms with E-state index in [1.165, 1.54) is 19.3 Å². The van der Waals surface area contributed by atoms with Gasteiger partial charge in [0, 0.05) is 19.8 Å². The van der Waals surface area contributed by atoms with E-state index in [2.05, 4.69) is 21.8 Å². The predicted molar refractivity (Wildman–Crippen MR) is 59.2 cm³/mol. The third-order valence-electron chi connectivity index (χ3n) is 2.15. The van der Waals surface area contributed by atoms with E-state index in [1.807, 2.05) is 13.1 Å². The number of hydrogen-bond donors (Lipinski definition) is 1. The molecule has 4 nitrogen and oxygen atoms in total. The van der Waals surface area contributed by atoms with E-state index in [4.69, 9.17) is 5.73 Å². The van der Waals surface area contributed by atoms with Crippen LogP contribution >= 0.6 is 0 Å². The van der Waals surface area contributed by atoms with Gasteiger partial charge in [0.05, 0.1) is 0 Å². The van der Waals surface area contributed by atoms with Crippen LogP contribution in [0.5, 0.6) is 0 Å². The fraction of sp³-hybridized carbons (Fsp3) is 0.600. The molecule has 0 bridgehead atoms. The molecule has 0 aliphatic heterocycles. The van der Waals surface area contributed by atoms with Crippen molar-refractivity contribution < 1.29 is 0 Å². The summed E-state index contributed by atoms with van der Waals surface area (Å²) in [5, 5.41) is 0. The second-order valence-electron chi connectivity index (χ2n) is 3.40. The SMILES string of the molecule is CCCCCN(C)c1ccnc(N)n1. The lowest BCUT2D eigenvalue weighted by molar-refractivity contribution is 0.701. The number of aromatic nitrogens is 2. The van der Waals surface area contributed by atoms with Gasteiger partial charge in [-0.3, -0.25) is 0 Å². The molecule has 0 aromatic carbocycles. The van der Waals surface area contributed by atoms with Crippen LogP contribution in [-0.2, 0) is 0 Å². The number of hydrogen-bond acceptors (Lipinski definition) is 4. The zero-order chi connectivity index (χ0) is 10.4. The Kier molecular flexibility index (Phi) is 4.16. The first-order valence-corrected chi connectivity index (χ1v) is 5.03. The van der Waals surface area contributed by atoms with Gasteiger partial charge in [-0.1, -0.05) is 19.8 Å². The monoisotopic (exact) mass is 194 g/mol. The summed E-state index contributed by atoms with van der Waals surface area (Å²) < 4.78 is 0. The van der Waals surface area contributed by atoms with Gasteiger partial charge in [0.25, 0.3) is 0 Å². The number of nitrogens with two attached hydrogens (primary N) is 1. The Morgan fingerprint density at radius 2 is 2.21 bits per heavy atom. The maximum absolute atomic E-state index is 5.50. The quantitative estimate of drug-likeness (QED) is 0.725. The number of rotatable bonds is 5. The zero-order valence-corrected chi connectivity index (χ0v) is 8.90. The molecule has 0 amide bonds. The number of nitrogen functional groups attached to an aromatic ring is 1. The average molecular weight is 194 g/mol. The van der Waals surface area contributed by atoms with Crippen molar-refractivity contribution in [1.29, 1.82) is 0 Å². The van der Waals surface area contributed by atoms with Crippen LogP contribution in [0, 0.1) is 0 Å². The van der Waals surface area contributed by atoms with E-state index >= 15 is 0 Å². The van der Waals surface area contributed by atoms with Crippen molar-refractivity contribution in [3.05, 3.63) is 12.3 Å². The Hall–Kier alpha value is -1.32. The lowest BCUT2D eigenvalue weighted by Crippen LogP contribution is -2.20. The van der Waals surface area contributed by atoms with Gasteiger partial charge in [-0.05, 0) is 12.5 Å². The van der Waals surface area contributed by atoms with E-state index in [1.54, 1.807) is 6.20 Å². The van der Waals surface area contributed by atoms with Crippen molar-refractivity contribution in [3.8, 4) is 0 Å². The summed E-state index contributed by atoms with van der Waals surface area (Å²) in [5.74, 6) is 1.23. The number of nitrogens with zero attached hydrogens (tertiary/aromatic N) is 3. The first kappa shape index (κ1) is 10.8. The van der Waals surface area contributed by atoms with Crippen LogP contribution in [0.25, 0.3) is 0 Å². The van der Waals surface area contributed by atoms with Crippen molar-refractivity contribution in [2.75, 3.05) is 24.2 Å². The normalized spacial score (nSPS) is 10.1. The standard InChI is InChI=1S/C10H18N4/c1-3-4-5-8-14(2)9-6-7-12-10(11)13-9/h6-7H,3-5,8H2,1-2H3,(H2,11,12,13). The lowest BCUT2D eigenvalue weighted by atomic mass is 10.2. The van der Waals surface area contributed by atoms with E-state index in [0.29, 0.717) is 5.95 Å². The molecule has 1 rings (SSSR count). The number of anilines is 2. The highest BCUT2D eigenvalue weighted by Crippen LogP contribution is 2.09. The van der Waals surface area contributed by atoms with E-state index < -0.39 is 0 Å². The highest BCUT2D eigenvalue weighted by molar-refractivity contribution is 5.39. The van der Waals surface area contributed by atoms with Crippen LogP contribution in [0.1, 0.15) is 26.2 Å². The molecule has 1 heterocycles. The fourth-order valence-electron chi connectivity index (χ4n) is 1.29. The van der Waals surface area contributed by atoms with Crippen LogP contribution < -0.4 is 10.6 Å². The van der Waals surface area contributed by atoms with Crippen LogP contribution in [0.2, 0.25) is 0 Å². The summed E-state index contributed by atoms with van der Waals surface area (Å²) in [6.45, 7) is 3.22. The molecule has 4 heteroatoms. The van der Waals surface area contributed by atoms with Crippen molar-refractivity contribution in [1.82, 2.24) is 9.97 Å². The maximum Gasteiger partial charge on any atom is 0.221 e. The molecule has 78 valence electrons. The minimum absolute atomic E-state index is 0.338. The molecular formula is C10H18N4. The highest BCUT2D eigenvalue weighted by Gasteiger charge is 2.01. The van der Waals surface area contributed by atoms with Gasteiger partial charge in [0.1, 0.15) is 5.82 Å². The molecule has 0 aliphatic rings. The Labute approximate surface area is 85.2 Å². The van der Waals surface area contributed by atoms with Gasteiger partial charge in [0.15, 0.2) is 0 Å². The van der Waals surface area contributed by atoms with Crippen LogP contribution in [0.3, 0.4) is 0 Å². The minimum atomic E-state index is 0.338. The Morgan fingerprint density at radius 3 is 2.86 bits per heavy atom. The summed E-state index contributed by atoms with van der Waals surface area (Å²) in [6, 6.07) is 1.88. The van der Waals surface area contributed by atoms with Gasteiger partial charge in [0.2, 0.25) is 5.95 Å². The molecule has 0 saturated carbocycles. The molecule has 0 radical (unpaired) electrons. The molecular weight excluding hydrogens is 176 g/mol. The summed E-state index contributed by atoms with van der Waals surface area (Å²) in [4.78, 5) is 10.1. The third kappa shape index (κ3) is 3.20. The summed E-state index contributed by atoms with van der Waals surface area (Å²) >= 11 is 0. The molecule has 14 heavy (non-hydrogen) atoms. The van der Waals surface area contributed by atoms with Gasteiger partial charge in [-0.2, -0.15) is 4.98 Å². The summed E-state index contributed by atoms with van der Waals surface area (Å²) in [7, 11) is 2.03. The Bertz CT molecular complexity index is 275. The maximum atomic E-state index is 5.50. The van der Waals surface area contributed by atoms with Gasteiger partial charge in [-0.15, -0.1) is 0 Å². The summed E-state index contributed by atoms with van der Waals surface area (Å²) in [5.41, 5.74) is 5.50. The molecule has 0 atom stereocenters. The topological polar surface area (TPSA) is 55.0 Å². The molecule has 1 aromatic rings. The Morgan fingerprint density at radius 1 is 1.43 bits per heavy atom. The molecule has 0 aliphatic carbocycles. The molecule has 0 saturated heterocycles. The molecule has 0 unspecified atom stereocenters. The second kappa shape index (κ2) is 5.42. The van der Waals surface area contributed by atoms with Gasteiger partial charge in [-0.25, -0.2) is 4.98 Å². The van der Waals surface area contributed by atoms with Crippen LogP contribution in [0.15, 0.2) is 12.3 Å². The van der Waals surface area contributed by atoms with Gasteiger partial charge < -0.3 is 10.6 Å². The molecule has 2 N–H and O–H groups in total. The average Bonchev–Trinajstić information content (AvgIpc) is 2.18. The van der Waals surface area contributed by atoms with Crippen molar-refractivity contribution >= 4 is 11.8 Å². The molecule has 1 aromatic heterocycles. The Balaban J connectivity index is 2.47. The van der Waals surface area contributed by atoms with Gasteiger partial charge >= 0.3 is 0 Å². The van der Waals surface area contributed by atoms with E-state index in [0.717, 1.165) is 12.4 Å². The summed E-state index contributed by atoms with van der Waals surface area (Å²) in [6.07, 6.45) is 5.37. The van der Waals surface area contributed by atoms with Crippen LogP contribution in [0.4, 0.5) is 11.8 Å². The first-order chi connectivity index (χ1) is 6.74. The zero-order valence-electron chi connectivity index (χ0n) is 8.90.